The molecule has 2 amide bonds. The SMILES string of the molecule is CCc1ccc(N(CCC(=O)NCc2cccnc2)C(C)=O)cc1. The van der Waals surface area contributed by atoms with Crippen LogP contribution in [0.25, 0.3) is 0 Å². The molecule has 0 aliphatic heterocycles. The van der Waals surface area contributed by atoms with Gasteiger partial charge in [-0.25, -0.2) is 0 Å². The average Bonchev–Trinajstić information content (AvgIpc) is 2.61. The van der Waals surface area contributed by atoms with Crippen molar-refractivity contribution < 1.29 is 9.59 Å². The number of hydrogen-bond acceptors (Lipinski definition) is 3. The van der Waals surface area contributed by atoms with Crippen LogP contribution in [0.2, 0.25) is 0 Å². The minimum Gasteiger partial charge on any atom is -0.352 e. The molecule has 0 fully saturated rings. The van der Waals surface area contributed by atoms with Crippen LogP contribution in [0, 0.1) is 0 Å². The van der Waals surface area contributed by atoms with Gasteiger partial charge < -0.3 is 10.2 Å². The van der Waals surface area contributed by atoms with Gasteiger partial charge in [-0.3, -0.25) is 14.6 Å². The van der Waals surface area contributed by atoms with Gasteiger partial charge in [0.2, 0.25) is 11.8 Å². The van der Waals surface area contributed by atoms with Gasteiger partial charge in [0.15, 0.2) is 0 Å². The maximum Gasteiger partial charge on any atom is 0.223 e. The van der Waals surface area contributed by atoms with E-state index in [2.05, 4.69) is 17.2 Å². The fraction of sp³-hybridized carbons (Fsp3) is 0.316. The Hall–Kier alpha value is -2.69. The summed E-state index contributed by atoms with van der Waals surface area (Å²) in [6, 6.07) is 11.6. The Morgan fingerprint density at radius 1 is 1.12 bits per heavy atom. The van der Waals surface area contributed by atoms with E-state index in [0.717, 1.165) is 17.7 Å². The highest BCUT2D eigenvalue weighted by atomic mass is 16.2. The molecule has 0 radical (unpaired) electrons. The fourth-order valence-electron chi connectivity index (χ4n) is 2.39. The number of anilines is 1. The van der Waals surface area contributed by atoms with Crippen LogP contribution in [-0.2, 0) is 22.6 Å². The predicted octanol–water partition coefficient (Wildman–Crippen LogP) is 2.70. The monoisotopic (exact) mass is 325 g/mol. The first-order valence-electron chi connectivity index (χ1n) is 8.12. The van der Waals surface area contributed by atoms with Crippen LogP contribution in [0.1, 0.15) is 31.4 Å². The second-order valence-corrected chi connectivity index (χ2v) is 5.58. The van der Waals surface area contributed by atoms with Gasteiger partial charge in [0.05, 0.1) is 0 Å². The number of hydrogen-bond donors (Lipinski definition) is 1. The minimum atomic E-state index is -0.0877. The first-order valence-corrected chi connectivity index (χ1v) is 8.12. The molecule has 0 saturated carbocycles. The van der Waals surface area contributed by atoms with Gasteiger partial charge in [-0.2, -0.15) is 0 Å². The van der Waals surface area contributed by atoms with Gasteiger partial charge in [-0.1, -0.05) is 25.1 Å². The van der Waals surface area contributed by atoms with Gasteiger partial charge in [-0.15, -0.1) is 0 Å². The van der Waals surface area contributed by atoms with Gasteiger partial charge >= 0.3 is 0 Å². The summed E-state index contributed by atoms with van der Waals surface area (Å²) in [6.45, 7) is 4.41. The third-order valence-electron chi connectivity index (χ3n) is 3.81. The maximum absolute atomic E-state index is 12.0. The van der Waals surface area contributed by atoms with E-state index in [4.69, 9.17) is 0 Å². The third-order valence-corrected chi connectivity index (χ3v) is 3.81. The van der Waals surface area contributed by atoms with Crippen molar-refractivity contribution >= 4 is 17.5 Å². The largest absolute Gasteiger partial charge is 0.352 e. The molecule has 0 aliphatic rings. The van der Waals surface area contributed by atoms with E-state index < -0.39 is 0 Å². The predicted molar refractivity (Wildman–Crippen MR) is 94.5 cm³/mol. The number of nitrogens with one attached hydrogen (secondary N) is 1. The number of carbonyl (C=O) groups is 2. The molecule has 0 saturated heterocycles. The zero-order valence-corrected chi connectivity index (χ0v) is 14.2. The normalized spacial score (nSPS) is 10.2. The van der Waals surface area contributed by atoms with E-state index >= 15 is 0 Å². The summed E-state index contributed by atoms with van der Waals surface area (Å²) >= 11 is 0. The van der Waals surface area contributed by atoms with Crippen molar-refractivity contribution in [3.8, 4) is 0 Å². The highest BCUT2D eigenvalue weighted by Crippen LogP contribution is 2.16. The highest BCUT2D eigenvalue weighted by Gasteiger charge is 2.13. The Labute approximate surface area is 142 Å². The molecule has 126 valence electrons. The molecular formula is C19H23N3O2. The van der Waals surface area contributed by atoms with Crippen LogP contribution in [0.15, 0.2) is 48.8 Å². The standard InChI is InChI=1S/C19H23N3O2/c1-3-16-6-8-18(9-7-16)22(15(2)23)12-10-19(24)21-14-17-5-4-11-20-13-17/h4-9,11,13H,3,10,12,14H2,1-2H3,(H,21,24). The van der Waals surface area contributed by atoms with Crippen LogP contribution in [0.4, 0.5) is 5.69 Å². The van der Waals surface area contributed by atoms with E-state index in [0.29, 0.717) is 13.1 Å². The van der Waals surface area contributed by atoms with Crippen molar-refractivity contribution in [3.05, 3.63) is 59.9 Å². The molecule has 24 heavy (non-hydrogen) atoms. The molecular weight excluding hydrogens is 302 g/mol. The topological polar surface area (TPSA) is 62.3 Å². The van der Waals surface area contributed by atoms with Crippen LogP contribution >= 0.6 is 0 Å². The lowest BCUT2D eigenvalue weighted by atomic mass is 10.1. The summed E-state index contributed by atoms with van der Waals surface area (Å²) in [4.78, 5) is 29.5. The number of benzene rings is 1. The highest BCUT2D eigenvalue weighted by molar-refractivity contribution is 5.92. The Balaban J connectivity index is 1.88. The van der Waals surface area contributed by atoms with Crippen molar-refractivity contribution in [2.24, 2.45) is 0 Å². The number of amides is 2. The van der Waals surface area contributed by atoms with E-state index in [1.807, 2.05) is 36.4 Å². The molecule has 0 unspecified atom stereocenters. The molecule has 0 aliphatic carbocycles. The van der Waals surface area contributed by atoms with Crippen molar-refractivity contribution in [3.63, 3.8) is 0 Å². The smallest absolute Gasteiger partial charge is 0.223 e. The molecule has 1 heterocycles. The van der Waals surface area contributed by atoms with E-state index in [1.54, 1.807) is 17.3 Å². The van der Waals surface area contributed by atoms with Crippen LogP contribution in [-0.4, -0.2) is 23.3 Å². The van der Waals surface area contributed by atoms with E-state index in [-0.39, 0.29) is 18.2 Å². The van der Waals surface area contributed by atoms with Crippen molar-refractivity contribution in [2.45, 2.75) is 33.2 Å². The van der Waals surface area contributed by atoms with Gasteiger partial charge in [0.25, 0.3) is 0 Å². The second kappa shape index (κ2) is 8.82. The molecule has 2 aromatic rings. The lowest BCUT2D eigenvalue weighted by Crippen LogP contribution is -2.33. The van der Waals surface area contributed by atoms with Crippen molar-refractivity contribution in [2.75, 3.05) is 11.4 Å². The van der Waals surface area contributed by atoms with Crippen LogP contribution in [0.3, 0.4) is 0 Å². The minimum absolute atomic E-state index is 0.0701. The molecule has 0 spiro atoms. The summed E-state index contributed by atoms with van der Waals surface area (Å²) in [7, 11) is 0. The van der Waals surface area contributed by atoms with Crippen molar-refractivity contribution in [1.29, 1.82) is 0 Å². The molecule has 2 rings (SSSR count). The maximum atomic E-state index is 12.0. The summed E-state index contributed by atoms with van der Waals surface area (Å²) < 4.78 is 0. The number of rotatable bonds is 7. The molecule has 0 bridgehead atoms. The quantitative estimate of drug-likeness (QED) is 0.851. The molecule has 1 N–H and O–H groups in total. The first-order chi connectivity index (χ1) is 11.6. The van der Waals surface area contributed by atoms with Crippen molar-refractivity contribution in [1.82, 2.24) is 10.3 Å². The number of aromatic nitrogens is 1. The average molecular weight is 325 g/mol. The lowest BCUT2D eigenvalue weighted by molar-refractivity contribution is -0.121. The molecule has 5 heteroatoms. The van der Waals surface area contributed by atoms with Crippen LogP contribution < -0.4 is 10.2 Å². The molecule has 1 aromatic carbocycles. The van der Waals surface area contributed by atoms with E-state index in [9.17, 15) is 9.59 Å². The molecule has 5 nitrogen and oxygen atoms in total. The second-order valence-electron chi connectivity index (χ2n) is 5.58. The Kier molecular flexibility index (Phi) is 6.49. The van der Waals surface area contributed by atoms with Crippen LogP contribution in [0.5, 0.6) is 0 Å². The summed E-state index contributed by atoms with van der Waals surface area (Å²) in [5, 5.41) is 2.85. The molecule has 0 atom stereocenters. The zero-order valence-electron chi connectivity index (χ0n) is 14.2. The van der Waals surface area contributed by atoms with Gasteiger partial charge in [0, 0.05) is 44.5 Å². The van der Waals surface area contributed by atoms with Gasteiger partial charge in [-0.05, 0) is 35.7 Å². The Morgan fingerprint density at radius 2 is 1.88 bits per heavy atom. The first kappa shape index (κ1) is 17.7. The number of pyridine rings is 1. The fourth-order valence-corrected chi connectivity index (χ4v) is 2.39. The number of carbonyl (C=O) groups excluding carboxylic acids is 2. The summed E-state index contributed by atoms with van der Waals surface area (Å²) in [5.74, 6) is -0.158. The van der Waals surface area contributed by atoms with E-state index in [1.165, 1.54) is 12.5 Å². The van der Waals surface area contributed by atoms with Gasteiger partial charge in [0.1, 0.15) is 0 Å². The molecule has 1 aromatic heterocycles. The summed E-state index contributed by atoms with van der Waals surface area (Å²) in [5.41, 5.74) is 2.99. The lowest BCUT2D eigenvalue weighted by Gasteiger charge is -2.21. The Morgan fingerprint density at radius 3 is 2.46 bits per heavy atom. The zero-order chi connectivity index (χ0) is 17.4. The number of aryl methyl sites for hydroxylation is 1. The third kappa shape index (κ3) is 5.19. The summed E-state index contributed by atoms with van der Waals surface area (Å²) in [6.07, 6.45) is 4.63. The Bertz CT molecular complexity index is 669. The number of nitrogens with zero attached hydrogens (tertiary/aromatic N) is 2.